The quantitative estimate of drug-likeness (QED) is 0.699. The minimum Gasteiger partial charge on any atom is -0.470 e. The van der Waals surface area contributed by atoms with E-state index in [4.69, 9.17) is 9.47 Å². The summed E-state index contributed by atoms with van der Waals surface area (Å²) in [6.07, 6.45) is 3.79. The Bertz CT molecular complexity index is 894. The number of aromatic amines is 1. The first-order chi connectivity index (χ1) is 14.5. The first kappa shape index (κ1) is 22.5. The molecule has 0 radical (unpaired) electrons. The first-order valence-electron chi connectivity index (χ1n) is 9.78. The van der Waals surface area contributed by atoms with Crippen LogP contribution >= 0.6 is 0 Å². The maximum absolute atomic E-state index is 12.2. The van der Waals surface area contributed by atoms with Crippen molar-refractivity contribution in [3.8, 4) is 11.8 Å². The molecular weight excluding hydrogens is 414 g/mol. The minimum atomic E-state index is -2.96. The van der Waals surface area contributed by atoms with Crippen LogP contribution in [0.5, 0.6) is 11.8 Å². The van der Waals surface area contributed by atoms with Gasteiger partial charge in [-0.1, -0.05) is 0 Å². The molecule has 0 spiro atoms. The molecule has 10 nitrogen and oxygen atoms in total. The zero-order valence-corrected chi connectivity index (χ0v) is 17.8. The van der Waals surface area contributed by atoms with Crippen LogP contribution in [0.25, 0.3) is 0 Å². The molecule has 2 N–H and O–H groups in total. The number of amides is 1. The van der Waals surface area contributed by atoms with Crippen LogP contribution < -0.4 is 14.8 Å². The monoisotopic (exact) mass is 440 g/mol. The summed E-state index contributed by atoms with van der Waals surface area (Å²) in [6.45, 7) is 5.47. The third-order valence-corrected chi connectivity index (χ3v) is 4.46. The number of carbonyl (C=O) groups is 1. The van der Waals surface area contributed by atoms with Crippen molar-refractivity contribution in [2.24, 2.45) is 0 Å². The number of nitrogens with one attached hydrogen (secondary N) is 2. The molecule has 0 unspecified atom stereocenters. The molecule has 1 amide bonds. The number of likely N-dealkylation sites (tertiary alicyclic amines) is 1. The van der Waals surface area contributed by atoms with E-state index < -0.39 is 17.8 Å². The second-order valence-corrected chi connectivity index (χ2v) is 8.39. The molecular formula is C19H26F2N6O4. The molecule has 0 aliphatic carbocycles. The molecule has 0 aromatic carbocycles. The van der Waals surface area contributed by atoms with Gasteiger partial charge in [-0.05, 0) is 27.7 Å². The summed E-state index contributed by atoms with van der Waals surface area (Å²) >= 11 is 0. The fourth-order valence-electron chi connectivity index (χ4n) is 2.96. The Kier molecular flexibility index (Phi) is 6.46. The molecule has 0 saturated carbocycles. The van der Waals surface area contributed by atoms with Gasteiger partial charge in [0.15, 0.2) is 5.82 Å². The van der Waals surface area contributed by atoms with Crippen LogP contribution in [-0.2, 0) is 4.74 Å². The number of rotatable bonds is 6. The molecule has 1 fully saturated rings. The Morgan fingerprint density at radius 2 is 1.97 bits per heavy atom. The highest BCUT2D eigenvalue weighted by Crippen LogP contribution is 2.29. The molecule has 0 atom stereocenters. The lowest BCUT2D eigenvalue weighted by Gasteiger charge is -2.39. The van der Waals surface area contributed by atoms with Crippen molar-refractivity contribution in [3.63, 3.8) is 0 Å². The maximum Gasteiger partial charge on any atom is 0.410 e. The van der Waals surface area contributed by atoms with Crippen molar-refractivity contribution in [1.29, 1.82) is 0 Å². The van der Waals surface area contributed by atoms with E-state index in [1.807, 2.05) is 27.7 Å². The van der Waals surface area contributed by atoms with E-state index in [2.05, 4.69) is 30.2 Å². The molecule has 1 saturated heterocycles. The predicted octanol–water partition coefficient (Wildman–Crippen LogP) is 3.71. The second-order valence-electron chi connectivity index (χ2n) is 8.39. The van der Waals surface area contributed by atoms with E-state index in [1.54, 1.807) is 4.90 Å². The first-order valence-corrected chi connectivity index (χ1v) is 9.78. The number of piperidine rings is 1. The number of hydrogen-bond acceptors (Lipinski definition) is 8. The smallest absolute Gasteiger partial charge is 0.410 e. The average molecular weight is 440 g/mol. The van der Waals surface area contributed by atoms with Gasteiger partial charge < -0.3 is 24.4 Å². The number of halogens is 2. The number of H-pyrrole nitrogens is 1. The summed E-state index contributed by atoms with van der Waals surface area (Å²) in [5, 5.41) is 9.00. The maximum atomic E-state index is 12.2. The zero-order chi connectivity index (χ0) is 22.6. The number of ether oxygens (including phenoxy) is 3. The topological polar surface area (TPSA) is 114 Å². The van der Waals surface area contributed by atoms with Crippen molar-refractivity contribution in [2.75, 3.05) is 18.4 Å². The van der Waals surface area contributed by atoms with E-state index in [9.17, 15) is 13.6 Å². The van der Waals surface area contributed by atoms with Crippen LogP contribution in [0.4, 0.5) is 25.2 Å². The lowest BCUT2D eigenvalue weighted by molar-refractivity contribution is -0.0528. The molecule has 3 rings (SSSR count). The Balaban J connectivity index is 1.57. The van der Waals surface area contributed by atoms with E-state index in [-0.39, 0.29) is 12.0 Å². The molecule has 12 heteroatoms. The third kappa shape index (κ3) is 6.66. The summed E-state index contributed by atoms with van der Waals surface area (Å²) < 4.78 is 40.2. The molecule has 2 aromatic heterocycles. The number of aromatic nitrogens is 4. The highest BCUT2D eigenvalue weighted by atomic mass is 19.3. The largest absolute Gasteiger partial charge is 0.470 e. The van der Waals surface area contributed by atoms with Crippen LogP contribution in [0.2, 0.25) is 0 Å². The molecule has 2 aromatic rings. The summed E-state index contributed by atoms with van der Waals surface area (Å²) in [4.78, 5) is 22.3. The molecule has 170 valence electrons. The van der Waals surface area contributed by atoms with Gasteiger partial charge in [-0.15, -0.1) is 5.10 Å². The van der Waals surface area contributed by atoms with Crippen molar-refractivity contribution >= 4 is 17.7 Å². The molecule has 1 aliphatic heterocycles. The van der Waals surface area contributed by atoms with Crippen LogP contribution in [0, 0.1) is 0 Å². The van der Waals surface area contributed by atoms with Gasteiger partial charge >= 0.3 is 12.7 Å². The SMILES string of the molecule is CC(C)(C)OC(=O)N1CCC(C)(Oc2cncc(Nc3cc(OC(F)F)n[nH]3)n2)CC1. The molecule has 31 heavy (non-hydrogen) atoms. The zero-order valence-electron chi connectivity index (χ0n) is 17.8. The highest BCUT2D eigenvalue weighted by Gasteiger charge is 2.35. The van der Waals surface area contributed by atoms with Gasteiger partial charge in [0.25, 0.3) is 0 Å². The van der Waals surface area contributed by atoms with E-state index in [1.165, 1.54) is 18.5 Å². The van der Waals surface area contributed by atoms with Gasteiger partial charge in [0.05, 0.1) is 12.4 Å². The van der Waals surface area contributed by atoms with Crippen LogP contribution in [0.3, 0.4) is 0 Å². The highest BCUT2D eigenvalue weighted by molar-refractivity contribution is 5.68. The predicted molar refractivity (Wildman–Crippen MR) is 107 cm³/mol. The van der Waals surface area contributed by atoms with Crippen LogP contribution in [0.1, 0.15) is 40.5 Å². The Hall–Kier alpha value is -3.18. The van der Waals surface area contributed by atoms with Gasteiger partial charge in [0.1, 0.15) is 17.0 Å². The number of nitrogens with zero attached hydrogens (tertiary/aromatic N) is 4. The van der Waals surface area contributed by atoms with Crippen LogP contribution in [-0.4, -0.2) is 62.1 Å². The van der Waals surface area contributed by atoms with Gasteiger partial charge in [0, 0.05) is 32.0 Å². The number of hydrogen-bond donors (Lipinski definition) is 2. The standard InChI is InChI=1S/C19H26F2N6O4/c1-18(2,3)31-17(28)27-7-5-19(4,6-8-27)30-15-11-22-10-13(24-15)23-12-9-14(26-25-12)29-16(20)21/h9-11,16H,5-8H2,1-4H3,(H2,23,24,25,26). The molecule has 1 aliphatic rings. The Morgan fingerprint density at radius 1 is 1.26 bits per heavy atom. The minimum absolute atomic E-state index is 0.248. The Morgan fingerprint density at radius 3 is 2.61 bits per heavy atom. The van der Waals surface area contributed by atoms with Gasteiger partial charge in [-0.2, -0.15) is 13.8 Å². The fraction of sp³-hybridized carbons (Fsp3) is 0.579. The van der Waals surface area contributed by atoms with Crippen molar-refractivity contribution in [3.05, 3.63) is 18.5 Å². The van der Waals surface area contributed by atoms with E-state index in [0.29, 0.717) is 43.4 Å². The van der Waals surface area contributed by atoms with Gasteiger partial charge in [0.2, 0.25) is 11.8 Å². The summed E-state index contributed by atoms with van der Waals surface area (Å²) in [5.41, 5.74) is -1.07. The normalized spacial score (nSPS) is 16.2. The van der Waals surface area contributed by atoms with E-state index in [0.717, 1.165) is 0 Å². The fourth-order valence-corrected chi connectivity index (χ4v) is 2.96. The van der Waals surface area contributed by atoms with Gasteiger partial charge in [-0.25, -0.2) is 4.79 Å². The number of carbonyl (C=O) groups excluding carboxylic acids is 1. The van der Waals surface area contributed by atoms with Gasteiger partial charge in [-0.3, -0.25) is 10.1 Å². The van der Waals surface area contributed by atoms with E-state index >= 15 is 0 Å². The summed E-state index contributed by atoms with van der Waals surface area (Å²) in [6, 6.07) is 1.27. The summed E-state index contributed by atoms with van der Waals surface area (Å²) in [5.74, 6) is 0.683. The molecule has 3 heterocycles. The Labute approximate surface area is 178 Å². The number of anilines is 2. The van der Waals surface area contributed by atoms with Crippen molar-refractivity contribution in [1.82, 2.24) is 25.1 Å². The third-order valence-electron chi connectivity index (χ3n) is 4.46. The lowest BCUT2D eigenvalue weighted by atomic mass is 9.93. The van der Waals surface area contributed by atoms with Crippen molar-refractivity contribution in [2.45, 2.75) is 58.4 Å². The second kappa shape index (κ2) is 8.90. The number of alkyl halides is 2. The lowest BCUT2D eigenvalue weighted by Crippen LogP contribution is -2.49. The average Bonchev–Trinajstić information content (AvgIpc) is 3.06. The van der Waals surface area contributed by atoms with Crippen LogP contribution in [0.15, 0.2) is 18.5 Å². The summed E-state index contributed by atoms with van der Waals surface area (Å²) in [7, 11) is 0. The molecule has 0 bridgehead atoms. The van der Waals surface area contributed by atoms with Crippen molar-refractivity contribution < 1.29 is 27.8 Å².